The van der Waals surface area contributed by atoms with Gasteiger partial charge in [-0.3, -0.25) is 4.79 Å². The number of carbonyl (C=O) groups excluding carboxylic acids is 1. The van der Waals surface area contributed by atoms with Gasteiger partial charge in [0.15, 0.2) is 0 Å². The fraction of sp³-hybridized carbons (Fsp3) is 0.462. The van der Waals surface area contributed by atoms with Crippen LogP contribution in [0.5, 0.6) is 0 Å². The number of carbonyl (C=O) groups is 1. The lowest BCUT2D eigenvalue weighted by Gasteiger charge is -2.39. The molecule has 15 heavy (non-hydrogen) atoms. The lowest BCUT2D eigenvalue weighted by molar-refractivity contribution is -0.153. The van der Waals surface area contributed by atoms with Crippen LogP contribution in [0.3, 0.4) is 0 Å². The van der Waals surface area contributed by atoms with Gasteiger partial charge in [0.25, 0.3) is 0 Å². The van der Waals surface area contributed by atoms with Gasteiger partial charge in [-0.15, -0.1) is 0 Å². The summed E-state index contributed by atoms with van der Waals surface area (Å²) in [5.74, 6) is -0.0533. The number of esters is 1. The van der Waals surface area contributed by atoms with Crippen molar-refractivity contribution in [2.75, 3.05) is 6.61 Å². The molecular weight excluding hydrogens is 188 g/mol. The van der Waals surface area contributed by atoms with Crippen molar-refractivity contribution in [2.24, 2.45) is 0 Å². The molecule has 0 spiro atoms. The standard InChI is InChI=1S/C13H16O2/c1-2-15-12(14)13(9-6-10-13)11-7-4-3-5-8-11/h3-5,7-8H,2,6,9-10H2,1H3. The Balaban J connectivity index is 2.26. The lowest BCUT2D eigenvalue weighted by Crippen LogP contribution is -2.43. The second-order valence-corrected chi connectivity index (χ2v) is 4.02. The Morgan fingerprint density at radius 2 is 2.00 bits per heavy atom. The van der Waals surface area contributed by atoms with Crippen LogP contribution in [0.1, 0.15) is 31.7 Å². The highest BCUT2D eigenvalue weighted by molar-refractivity contribution is 5.84. The molecule has 0 aromatic heterocycles. The van der Waals surface area contributed by atoms with E-state index in [0.29, 0.717) is 6.61 Å². The van der Waals surface area contributed by atoms with Gasteiger partial charge in [-0.1, -0.05) is 36.8 Å². The van der Waals surface area contributed by atoms with E-state index in [1.807, 2.05) is 37.3 Å². The van der Waals surface area contributed by atoms with Crippen LogP contribution < -0.4 is 0 Å². The third-order valence-electron chi connectivity index (χ3n) is 3.20. The predicted molar refractivity (Wildman–Crippen MR) is 58.6 cm³/mol. The lowest BCUT2D eigenvalue weighted by atomic mass is 9.64. The first-order valence-electron chi connectivity index (χ1n) is 5.52. The Morgan fingerprint density at radius 3 is 2.47 bits per heavy atom. The second kappa shape index (κ2) is 4.05. The molecule has 0 N–H and O–H groups in total. The van der Waals surface area contributed by atoms with Crippen molar-refractivity contribution >= 4 is 5.97 Å². The Kier molecular flexibility index (Phi) is 2.76. The summed E-state index contributed by atoms with van der Waals surface area (Å²) in [6.45, 7) is 2.32. The molecule has 0 atom stereocenters. The van der Waals surface area contributed by atoms with Crippen LogP contribution in [0.4, 0.5) is 0 Å². The predicted octanol–water partition coefficient (Wildman–Crippen LogP) is 2.67. The molecule has 1 aliphatic carbocycles. The van der Waals surface area contributed by atoms with Crippen molar-refractivity contribution in [1.29, 1.82) is 0 Å². The Labute approximate surface area is 90.3 Å². The van der Waals surface area contributed by atoms with Crippen LogP contribution in [0.2, 0.25) is 0 Å². The van der Waals surface area contributed by atoms with Crippen molar-refractivity contribution in [1.82, 2.24) is 0 Å². The maximum atomic E-state index is 11.9. The van der Waals surface area contributed by atoms with Crippen LogP contribution in [-0.4, -0.2) is 12.6 Å². The highest BCUT2D eigenvalue weighted by atomic mass is 16.5. The van der Waals surface area contributed by atoms with E-state index in [0.717, 1.165) is 24.8 Å². The van der Waals surface area contributed by atoms with Gasteiger partial charge in [0.1, 0.15) is 0 Å². The molecule has 0 radical (unpaired) electrons. The van der Waals surface area contributed by atoms with E-state index in [4.69, 9.17) is 4.74 Å². The molecule has 0 saturated heterocycles. The van der Waals surface area contributed by atoms with Gasteiger partial charge >= 0.3 is 5.97 Å². The second-order valence-electron chi connectivity index (χ2n) is 4.02. The quantitative estimate of drug-likeness (QED) is 0.707. The summed E-state index contributed by atoms with van der Waals surface area (Å²) < 4.78 is 5.16. The minimum atomic E-state index is -0.336. The highest BCUT2D eigenvalue weighted by Gasteiger charge is 2.46. The zero-order valence-corrected chi connectivity index (χ0v) is 9.03. The summed E-state index contributed by atoms with van der Waals surface area (Å²) in [6, 6.07) is 9.98. The topological polar surface area (TPSA) is 26.3 Å². The fourth-order valence-corrected chi connectivity index (χ4v) is 2.17. The first-order valence-corrected chi connectivity index (χ1v) is 5.52. The minimum Gasteiger partial charge on any atom is -0.465 e. The molecule has 1 aromatic rings. The van der Waals surface area contributed by atoms with E-state index in [9.17, 15) is 4.79 Å². The molecule has 0 amide bonds. The van der Waals surface area contributed by atoms with Gasteiger partial charge in [-0.25, -0.2) is 0 Å². The van der Waals surface area contributed by atoms with Crippen molar-refractivity contribution < 1.29 is 9.53 Å². The Hall–Kier alpha value is -1.31. The zero-order valence-electron chi connectivity index (χ0n) is 9.03. The number of benzene rings is 1. The number of ether oxygens (including phenoxy) is 1. The van der Waals surface area contributed by atoms with Gasteiger partial charge in [0, 0.05) is 0 Å². The minimum absolute atomic E-state index is 0.0533. The normalized spacial score (nSPS) is 17.9. The third-order valence-corrected chi connectivity index (χ3v) is 3.20. The maximum Gasteiger partial charge on any atom is 0.316 e. The first-order chi connectivity index (χ1) is 7.29. The largest absolute Gasteiger partial charge is 0.465 e. The van der Waals surface area contributed by atoms with Gasteiger partial charge < -0.3 is 4.74 Å². The number of rotatable bonds is 3. The maximum absolute atomic E-state index is 11.9. The molecule has 2 rings (SSSR count). The van der Waals surface area contributed by atoms with Crippen LogP contribution in [0.25, 0.3) is 0 Å². The third kappa shape index (κ3) is 1.65. The molecule has 2 nitrogen and oxygen atoms in total. The molecule has 2 heteroatoms. The molecule has 1 aliphatic rings. The Morgan fingerprint density at radius 1 is 1.33 bits per heavy atom. The highest BCUT2D eigenvalue weighted by Crippen LogP contribution is 2.44. The average Bonchev–Trinajstić information content (AvgIpc) is 2.18. The summed E-state index contributed by atoms with van der Waals surface area (Å²) in [5.41, 5.74) is 0.770. The molecule has 0 unspecified atom stereocenters. The van der Waals surface area contributed by atoms with E-state index >= 15 is 0 Å². The van der Waals surface area contributed by atoms with E-state index in [-0.39, 0.29) is 11.4 Å². The average molecular weight is 204 g/mol. The van der Waals surface area contributed by atoms with E-state index in [2.05, 4.69) is 0 Å². The summed E-state index contributed by atoms with van der Waals surface area (Å²) in [5, 5.41) is 0. The molecule has 80 valence electrons. The van der Waals surface area contributed by atoms with E-state index in [1.54, 1.807) is 0 Å². The number of hydrogen-bond donors (Lipinski definition) is 0. The van der Waals surface area contributed by atoms with Crippen molar-refractivity contribution in [3.63, 3.8) is 0 Å². The summed E-state index contributed by atoms with van der Waals surface area (Å²) >= 11 is 0. The van der Waals surface area contributed by atoms with Crippen LogP contribution in [-0.2, 0) is 14.9 Å². The fourth-order valence-electron chi connectivity index (χ4n) is 2.17. The molecule has 0 aliphatic heterocycles. The monoisotopic (exact) mass is 204 g/mol. The van der Waals surface area contributed by atoms with Crippen molar-refractivity contribution in [3.8, 4) is 0 Å². The SMILES string of the molecule is CCOC(=O)C1(c2ccccc2)CCC1. The Bertz CT molecular complexity index is 339. The van der Waals surface area contributed by atoms with E-state index in [1.165, 1.54) is 0 Å². The molecular formula is C13H16O2. The van der Waals surface area contributed by atoms with E-state index < -0.39 is 0 Å². The molecule has 0 heterocycles. The summed E-state index contributed by atoms with van der Waals surface area (Å²) in [4.78, 5) is 11.9. The number of hydrogen-bond acceptors (Lipinski definition) is 2. The van der Waals surface area contributed by atoms with Crippen LogP contribution >= 0.6 is 0 Å². The van der Waals surface area contributed by atoms with Gasteiger partial charge in [0.05, 0.1) is 12.0 Å². The van der Waals surface area contributed by atoms with Crippen LogP contribution in [0.15, 0.2) is 30.3 Å². The molecule has 1 fully saturated rings. The van der Waals surface area contributed by atoms with Crippen molar-refractivity contribution in [3.05, 3.63) is 35.9 Å². The van der Waals surface area contributed by atoms with Gasteiger partial charge in [-0.2, -0.15) is 0 Å². The summed E-state index contributed by atoms with van der Waals surface area (Å²) in [6.07, 6.45) is 2.97. The zero-order chi connectivity index (χ0) is 10.7. The molecule has 0 bridgehead atoms. The van der Waals surface area contributed by atoms with Crippen LogP contribution in [0, 0.1) is 0 Å². The first kappa shape index (κ1) is 10.2. The molecule has 1 aromatic carbocycles. The van der Waals surface area contributed by atoms with Gasteiger partial charge in [0.2, 0.25) is 0 Å². The van der Waals surface area contributed by atoms with Gasteiger partial charge in [-0.05, 0) is 25.3 Å². The smallest absolute Gasteiger partial charge is 0.316 e. The molecule has 1 saturated carbocycles. The van der Waals surface area contributed by atoms with Crippen molar-refractivity contribution in [2.45, 2.75) is 31.6 Å². The summed E-state index contributed by atoms with van der Waals surface area (Å²) in [7, 11) is 0.